The van der Waals surface area contributed by atoms with Crippen LogP contribution in [-0.4, -0.2) is 67.4 Å². The standard InChI is InChI=1S/C19H24F5N3O/c20-13-1-2-16(21)15(3-13)18-17(25)4-14(9-28-18)27-7-11-5-26(6-12(11)8-27)10-19(22,23)24/h1-3,11-12,14,17-18H,4-10,25H2/t11?,12?,14-,17?,18-/m1/s1. The molecule has 0 spiro atoms. The van der Waals surface area contributed by atoms with Crippen molar-refractivity contribution in [3.63, 3.8) is 0 Å². The molecule has 1 aromatic carbocycles. The summed E-state index contributed by atoms with van der Waals surface area (Å²) in [5.41, 5.74) is 6.35. The van der Waals surface area contributed by atoms with Crippen LogP contribution in [0.15, 0.2) is 18.2 Å². The smallest absolute Gasteiger partial charge is 0.370 e. The van der Waals surface area contributed by atoms with Crippen LogP contribution in [0.1, 0.15) is 18.1 Å². The third kappa shape index (κ3) is 4.17. The minimum absolute atomic E-state index is 0.0459. The molecule has 0 aliphatic carbocycles. The summed E-state index contributed by atoms with van der Waals surface area (Å²) in [5, 5.41) is 0. The molecule has 3 fully saturated rings. The number of likely N-dealkylation sites (tertiary alicyclic amines) is 2. The SMILES string of the molecule is NC1C[C@@H](N2CC3CN(CC(F)(F)F)CC3C2)CO[C@@H]1c1cc(F)ccc1F. The van der Waals surface area contributed by atoms with Crippen molar-refractivity contribution in [3.05, 3.63) is 35.4 Å². The number of ether oxygens (including phenoxy) is 1. The number of halogens is 5. The third-order valence-corrected chi connectivity index (χ3v) is 6.18. The van der Waals surface area contributed by atoms with Crippen molar-refractivity contribution in [2.45, 2.75) is 30.8 Å². The van der Waals surface area contributed by atoms with Gasteiger partial charge in [0.15, 0.2) is 0 Å². The van der Waals surface area contributed by atoms with Crippen molar-refractivity contribution in [2.24, 2.45) is 17.6 Å². The molecular weight excluding hydrogens is 381 g/mol. The highest BCUT2D eigenvalue weighted by molar-refractivity contribution is 5.23. The molecule has 0 saturated carbocycles. The van der Waals surface area contributed by atoms with E-state index in [4.69, 9.17) is 10.5 Å². The summed E-state index contributed by atoms with van der Waals surface area (Å²) >= 11 is 0. The second-order valence-corrected chi connectivity index (χ2v) is 8.26. The average molecular weight is 405 g/mol. The van der Waals surface area contributed by atoms with Crippen LogP contribution in [0.5, 0.6) is 0 Å². The molecule has 3 saturated heterocycles. The first-order valence-electron chi connectivity index (χ1n) is 9.55. The number of fused-ring (bicyclic) bond motifs is 1. The van der Waals surface area contributed by atoms with Crippen molar-refractivity contribution < 1.29 is 26.7 Å². The van der Waals surface area contributed by atoms with Gasteiger partial charge in [-0.25, -0.2) is 8.78 Å². The summed E-state index contributed by atoms with van der Waals surface area (Å²) in [5.74, 6) is -0.639. The highest BCUT2D eigenvalue weighted by atomic mass is 19.4. The Bertz CT molecular complexity index is 701. The van der Waals surface area contributed by atoms with Crippen LogP contribution in [-0.2, 0) is 4.74 Å². The summed E-state index contributed by atoms with van der Waals surface area (Å²) in [4.78, 5) is 3.72. The number of alkyl halides is 3. The molecule has 4 rings (SSSR count). The van der Waals surface area contributed by atoms with Gasteiger partial charge in [0.25, 0.3) is 0 Å². The Morgan fingerprint density at radius 3 is 2.36 bits per heavy atom. The lowest BCUT2D eigenvalue weighted by molar-refractivity contribution is -0.144. The van der Waals surface area contributed by atoms with Crippen molar-refractivity contribution >= 4 is 0 Å². The van der Waals surface area contributed by atoms with E-state index in [-0.39, 0.29) is 23.4 Å². The summed E-state index contributed by atoms with van der Waals surface area (Å²) < 4.78 is 71.1. The van der Waals surface area contributed by atoms with Crippen molar-refractivity contribution in [3.8, 4) is 0 Å². The van der Waals surface area contributed by atoms with E-state index in [1.165, 1.54) is 4.90 Å². The maximum absolute atomic E-state index is 14.0. The fourth-order valence-electron chi connectivity index (χ4n) is 4.96. The van der Waals surface area contributed by atoms with Gasteiger partial charge in [0.2, 0.25) is 0 Å². The number of rotatable bonds is 3. The molecule has 28 heavy (non-hydrogen) atoms. The molecule has 3 aliphatic heterocycles. The molecule has 3 heterocycles. The van der Waals surface area contributed by atoms with Gasteiger partial charge in [-0.15, -0.1) is 0 Å². The number of benzene rings is 1. The Balaban J connectivity index is 1.33. The lowest BCUT2D eigenvalue weighted by Gasteiger charge is -2.39. The molecule has 0 radical (unpaired) electrons. The van der Waals surface area contributed by atoms with Gasteiger partial charge in [-0.1, -0.05) is 0 Å². The van der Waals surface area contributed by atoms with Gasteiger partial charge >= 0.3 is 6.18 Å². The lowest BCUT2D eigenvalue weighted by atomic mass is 9.93. The molecule has 5 atom stereocenters. The van der Waals surface area contributed by atoms with Crippen molar-refractivity contribution in [2.75, 3.05) is 39.3 Å². The van der Waals surface area contributed by atoms with Crippen LogP contribution in [0.2, 0.25) is 0 Å². The van der Waals surface area contributed by atoms with Crippen LogP contribution >= 0.6 is 0 Å². The molecular formula is C19H24F5N3O. The van der Waals surface area contributed by atoms with Gasteiger partial charge in [-0.3, -0.25) is 9.80 Å². The number of nitrogens with zero attached hydrogens (tertiary/aromatic N) is 2. The Kier molecular flexibility index (Phi) is 5.37. The minimum atomic E-state index is -4.16. The maximum Gasteiger partial charge on any atom is 0.401 e. The average Bonchev–Trinajstić information content (AvgIpc) is 3.14. The zero-order chi connectivity index (χ0) is 20.1. The number of nitrogens with two attached hydrogens (primary N) is 1. The summed E-state index contributed by atoms with van der Waals surface area (Å²) in [7, 11) is 0. The maximum atomic E-state index is 14.0. The minimum Gasteiger partial charge on any atom is -0.370 e. The Hall–Kier alpha value is -1.29. The fraction of sp³-hybridized carbons (Fsp3) is 0.684. The Labute approximate surface area is 160 Å². The zero-order valence-electron chi connectivity index (χ0n) is 15.3. The van der Waals surface area contributed by atoms with Crippen LogP contribution in [0.3, 0.4) is 0 Å². The molecule has 3 aliphatic rings. The first-order chi connectivity index (χ1) is 13.2. The van der Waals surface area contributed by atoms with E-state index in [2.05, 4.69) is 4.90 Å². The van der Waals surface area contributed by atoms with Crippen molar-refractivity contribution in [1.29, 1.82) is 0 Å². The third-order valence-electron chi connectivity index (χ3n) is 6.18. The van der Waals surface area contributed by atoms with Gasteiger partial charge in [0.05, 0.1) is 13.2 Å². The quantitative estimate of drug-likeness (QED) is 0.785. The normalized spacial score (nSPS) is 34.7. The van der Waals surface area contributed by atoms with E-state index in [0.717, 1.165) is 31.3 Å². The molecule has 0 amide bonds. The monoisotopic (exact) mass is 405 g/mol. The predicted molar refractivity (Wildman–Crippen MR) is 92.5 cm³/mol. The van der Waals surface area contributed by atoms with Crippen LogP contribution in [0, 0.1) is 23.5 Å². The van der Waals surface area contributed by atoms with E-state index < -0.39 is 36.5 Å². The van der Waals surface area contributed by atoms with Crippen LogP contribution in [0.4, 0.5) is 22.0 Å². The summed E-state index contributed by atoms with van der Waals surface area (Å²) in [6.07, 6.45) is -4.29. The van der Waals surface area contributed by atoms with E-state index in [1.807, 2.05) is 0 Å². The van der Waals surface area contributed by atoms with E-state index in [9.17, 15) is 22.0 Å². The van der Waals surface area contributed by atoms with Gasteiger partial charge in [-0.2, -0.15) is 13.2 Å². The summed E-state index contributed by atoms with van der Waals surface area (Å²) in [6.45, 7) is 1.85. The molecule has 2 N–H and O–H groups in total. The largest absolute Gasteiger partial charge is 0.401 e. The topological polar surface area (TPSA) is 41.7 Å². The number of hydrogen-bond acceptors (Lipinski definition) is 4. The van der Waals surface area contributed by atoms with Gasteiger partial charge in [0, 0.05) is 43.8 Å². The molecule has 4 nitrogen and oxygen atoms in total. The highest BCUT2D eigenvalue weighted by Crippen LogP contribution is 2.37. The van der Waals surface area contributed by atoms with E-state index >= 15 is 0 Å². The second-order valence-electron chi connectivity index (χ2n) is 8.26. The molecule has 1 aromatic rings. The molecule has 3 unspecified atom stereocenters. The van der Waals surface area contributed by atoms with Crippen LogP contribution < -0.4 is 5.73 Å². The molecule has 0 aromatic heterocycles. The fourth-order valence-corrected chi connectivity index (χ4v) is 4.96. The lowest BCUT2D eigenvalue weighted by Crippen LogP contribution is -2.49. The van der Waals surface area contributed by atoms with Gasteiger partial charge < -0.3 is 10.5 Å². The highest BCUT2D eigenvalue weighted by Gasteiger charge is 2.46. The molecule has 156 valence electrons. The Morgan fingerprint density at radius 2 is 1.75 bits per heavy atom. The van der Waals surface area contributed by atoms with Crippen LogP contribution in [0.25, 0.3) is 0 Å². The van der Waals surface area contributed by atoms with E-state index in [0.29, 0.717) is 26.1 Å². The molecule has 0 bridgehead atoms. The van der Waals surface area contributed by atoms with Crippen molar-refractivity contribution in [1.82, 2.24) is 9.80 Å². The number of hydrogen-bond donors (Lipinski definition) is 1. The van der Waals surface area contributed by atoms with E-state index in [1.54, 1.807) is 0 Å². The summed E-state index contributed by atoms with van der Waals surface area (Å²) in [6, 6.07) is 2.82. The van der Waals surface area contributed by atoms with Gasteiger partial charge in [-0.05, 0) is 36.5 Å². The van der Waals surface area contributed by atoms with Gasteiger partial charge in [0.1, 0.15) is 17.7 Å². The predicted octanol–water partition coefficient (Wildman–Crippen LogP) is 2.55. The second kappa shape index (κ2) is 7.51. The first-order valence-corrected chi connectivity index (χ1v) is 9.55. The first kappa shape index (κ1) is 20.0. The molecule has 9 heteroatoms. The Morgan fingerprint density at radius 1 is 1.07 bits per heavy atom. The zero-order valence-corrected chi connectivity index (χ0v) is 15.3.